The summed E-state index contributed by atoms with van der Waals surface area (Å²) in [6.45, 7) is 2.55. The van der Waals surface area contributed by atoms with E-state index in [0.29, 0.717) is 34.7 Å². The maximum absolute atomic E-state index is 11.8. The summed E-state index contributed by atoms with van der Waals surface area (Å²) in [5, 5.41) is 10.7. The number of halogens is 1. The van der Waals surface area contributed by atoms with Crippen LogP contribution in [0.1, 0.15) is 24.2 Å². The molecule has 1 aromatic carbocycles. The minimum Gasteiger partial charge on any atom is -0.486 e. The van der Waals surface area contributed by atoms with Gasteiger partial charge in [0.2, 0.25) is 11.1 Å². The minimum atomic E-state index is -0.289. The molecule has 1 heterocycles. The van der Waals surface area contributed by atoms with E-state index in [0.717, 1.165) is 5.56 Å². The van der Waals surface area contributed by atoms with Crippen molar-refractivity contribution < 1.29 is 19.1 Å². The van der Waals surface area contributed by atoms with Crippen molar-refractivity contribution in [2.45, 2.75) is 31.5 Å². The molecule has 1 amide bonds. The molecule has 146 valence electrons. The molecule has 0 fully saturated rings. The van der Waals surface area contributed by atoms with Gasteiger partial charge in [0, 0.05) is 18.0 Å². The lowest BCUT2D eigenvalue weighted by Crippen LogP contribution is -2.26. The summed E-state index contributed by atoms with van der Waals surface area (Å²) >= 11 is 7.20. The molecular formula is C17H21ClN4O4S. The lowest BCUT2D eigenvalue weighted by molar-refractivity contribution is -0.140. The highest BCUT2D eigenvalue weighted by molar-refractivity contribution is 7.99. The molecule has 10 heteroatoms. The van der Waals surface area contributed by atoms with Crippen LogP contribution in [-0.4, -0.2) is 46.5 Å². The van der Waals surface area contributed by atoms with E-state index in [1.807, 2.05) is 13.0 Å². The zero-order chi connectivity index (χ0) is 19.6. The van der Waals surface area contributed by atoms with Crippen LogP contribution in [0, 0.1) is 6.92 Å². The van der Waals surface area contributed by atoms with Crippen molar-refractivity contribution in [3.63, 3.8) is 0 Å². The number of benzene rings is 1. The number of carbonyl (C=O) groups excluding carboxylic acids is 2. The van der Waals surface area contributed by atoms with Gasteiger partial charge in [-0.3, -0.25) is 14.7 Å². The molecule has 0 bridgehead atoms. The first-order valence-corrected chi connectivity index (χ1v) is 9.61. The minimum absolute atomic E-state index is 0.149. The van der Waals surface area contributed by atoms with Gasteiger partial charge < -0.3 is 14.8 Å². The van der Waals surface area contributed by atoms with Gasteiger partial charge >= 0.3 is 5.97 Å². The van der Waals surface area contributed by atoms with Crippen molar-refractivity contribution >= 4 is 35.2 Å². The second-order valence-electron chi connectivity index (χ2n) is 5.58. The molecule has 2 aromatic rings. The van der Waals surface area contributed by atoms with Crippen LogP contribution in [-0.2, 0) is 20.9 Å². The van der Waals surface area contributed by atoms with E-state index in [-0.39, 0.29) is 30.7 Å². The third kappa shape index (κ3) is 7.48. The van der Waals surface area contributed by atoms with E-state index in [1.165, 1.54) is 18.9 Å². The normalized spacial score (nSPS) is 10.5. The van der Waals surface area contributed by atoms with Gasteiger partial charge in [0.1, 0.15) is 12.4 Å². The smallest absolute Gasteiger partial charge is 0.305 e. The number of nitrogens with zero attached hydrogens (tertiary/aromatic N) is 2. The third-order valence-corrected chi connectivity index (χ3v) is 4.73. The molecule has 0 spiro atoms. The van der Waals surface area contributed by atoms with E-state index in [2.05, 4.69) is 25.2 Å². The first-order chi connectivity index (χ1) is 13.0. The topological polar surface area (TPSA) is 106 Å². The molecular weight excluding hydrogens is 392 g/mol. The lowest BCUT2D eigenvalue weighted by Gasteiger charge is -2.05. The fourth-order valence-corrected chi connectivity index (χ4v) is 2.77. The van der Waals surface area contributed by atoms with Gasteiger partial charge in [-0.2, -0.15) is 0 Å². The summed E-state index contributed by atoms with van der Waals surface area (Å²) in [5.41, 5.74) is 0.931. The van der Waals surface area contributed by atoms with Crippen LogP contribution in [0.15, 0.2) is 23.4 Å². The Morgan fingerprint density at radius 2 is 2.19 bits per heavy atom. The molecule has 2 N–H and O–H groups in total. The summed E-state index contributed by atoms with van der Waals surface area (Å²) < 4.78 is 10.2. The van der Waals surface area contributed by atoms with E-state index in [1.54, 1.807) is 12.1 Å². The van der Waals surface area contributed by atoms with Gasteiger partial charge in [-0.1, -0.05) is 23.4 Å². The fourth-order valence-electron chi connectivity index (χ4n) is 2.01. The largest absolute Gasteiger partial charge is 0.486 e. The lowest BCUT2D eigenvalue weighted by atomic mass is 10.2. The SMILES string of the molecule is COC(=O)CCCNC(=O)CSc1n[nH]c(COc2ccc(Cl)c(C)c2)n1. The number of aromatic amines is 1. The molecule has 0 unspecified atom stereocenters. The Balaban J connectivity index is 1.68. The average Bonchev–Trinajstić information content (AvgIpc) is 3.12. The first-order valence-electron chi connectivity index (χ1n) is 8.24. The Bertz CT molecular complexity index is 784. The zero-order valence-electron chi connectivity index (χ0n) is 15.1. The number of hydrogen-bond acceptors (Lipinski definition) is 7. The molecule has 0 saturated carbocycles. The summed E-state index contributed by atoms with van der Waals surface area (Å²) in [5.74, 6) is 0.997. The van der Waals surface area contributed by atoms with Crippen molar-refractivity contribution in [1.82, 2.24) is 20.5 Å². The Labute approximate surface area is 166 Å². The van der Waals surface area contributed by atoms with Crippen LogP contribution in [0.25, 0.3) is 0 Å². The molecule has 0 radical (unpaired) electrons. The van der Waals surface area contributed by atoms with Crippen LogP contribution < -0.4 is 10.1 Å². The molecule has 0 atom stereocenters. The molecule has 8 nitrogen and oxygen atoms in total. The van der Waals surface area contributed by atoms with Crippen LogP contribution in [0.4, 0.5) is 0 Å². The number of aryl methyl sites for hydroxylation is 1. The van der Waals surface area contributed by atoms with Crippen molar-refractivity contribution in [3.05, 3.63) is 34.6 Å². The number of H-pyrrole nitrogens is 1. The van der Waals surface area contributed by atoms with Gasteiger partial charge in [-0.05, 0) is 37.1 Å². The van der Waals surface area contributed by atoms with E-state index in [9.17, 15) is 9.59 Å². The highest BCUT2D eigenvalue weighted by Crippen LogP contribution is 2.21. The standard InChI is InChI=1S/C17H21ClN4O4S/c1-11-8-12(5-6-13(11)18)26-9-14-20-17(22-21-14)27-10-15(23)19-7-3-4-16(24)25-2/h5-6,8H,3-4,7,9-10H2,1-2H3,(H,19,23)(H,20,21,22). The molecule has 27 heavy (non-hydrogen) atoms. The zero-order valence-corrected chi connectivity index (χ0v) is 16.7. The quantitative estimate of drug-likeness (QED) is 0.351. The number of hydrogen-bond donors (Lipinski definition) is 2. The molecule has 2 rings (SSSR count). The molecule has 0 aliphatic heterocycles. The van der Waals surface area contributed by atoms with E-state index < -0.39 is 0 Å². The monoisotopic (exact) mass is 412 g/mol. The predicted octanol–water partition coefficient (Wildman–Crippen LogP) is 2.51. The van der Waals surface area contributed by atoms with Crippen molar-refractivity contribution in [2.24, 2.45) is 0 Å². The Hall–Kier alpha value is -2.26. The average molecular weight is 413 g/mol. The van der Waals surface area contributed by atoms with Gasteiger partial charge in [0.15, 0.2) is 5.82 Å². The Kier molecular flexibility index (Phi) is 8.41. The number of amides is 1. The van der Waals surface area contributed by atoms with Crippen molar-refractivity contribution in [3.8, 4) is 5.75 Å². The van der Waals surface area contributed by atoms with Gasteiger partial charge in [-0.15, -0.1) is 5.10 Å². The fraction of sp³-hybridized carbons (Fsp3) is 0.412. The Morgan fingerprint density at radius 3 is 2.93 bits per heavy atom. The highest BCUT2D eigenvalue weighted by Gasteiger charge is 2.09. The van der Waals surface area contributed by atoms with Gasteiger partial charge in [-0.25, -0.2) is 4.98 Å². The number of rotatable bonds is 10. The number of thioether (sulfide) groups is 1. The number of ether oxygens (including phenoxy) is 2. The van der Waals surface area contributed by atoms with Crippen LogP contribution in [0.5, 0.6) is 5.75 Å². The van der Waals surface area contributed by atoms with E-state index >= 15 is 0 Å². The summed E-state index contributed by atoms with van der Waals surface area (Å²) in [6, 6.07) is 5.41. The molecule has 1 aromatic heterocycles. The van der Waals surface area contributed by atoms with Crippen LogP contribution in [0.3, 0.4) is 0 Å². The van der Waals surface area contributed by atoms with Crippen molar-refractivity contribution in [2.75, 3.05) is 19.4 Å². The number of esters is 1. The molecule has 0 saturated heterocycles. The van der Waals surface area contributed by atoms with Crippen LogP contribution in [0.2, 0.25) is 5.02 Å². The second kappa shape index (κ2) is 10.8. The number of aromatic nitrogens is 3. The third-order valence-electron chi connectivity index (χ3n) is 3.46. The first kappa shape index (κ1) is 21.0. The summed E-state index contributed by atoms with van der Waals surface area (Å²) in [4.78, 5) is 27.0. The van der Waals surface area contributed by atoms with Crippen LogP contribution >= 0.6 is 23.4 Å². The second-order valence-corrected chi connectivity index (χ2v) is 6.93. The number of methoxy groups -OCH3 is 1. The van der Waals surface area contributed by atoms with Crippen molar-refractivity contribution in [1.29, 1.82) is 0 Å². The molecule has 0 aliphatic carbocycles. The van der Waals surface area contributed by atoms with Gasteiger partial charge in [0.05, 0.1) is 12.9 Å². The summed E-state index contributed by atoms with van der Waals surface area (Å²) in [7, 11) is 1.34. The van der Waals surface area contributed by atoms with E-state index in [4.69, 9.17) is 16.3 Å². The highest BCUT2D eigenvalue weighted by atomic mass is 35.5. The number of nitrogens with one attached hydrogen (secondary N) is 2. The molecule has 0 aliphatic rings. The summed E-state index contributed by atoms with van der Waals surface area (Å²) in [6.07, 6.45) is 0.816. The Morgan fingerprint density at radius 1 is 1.37 bits per heavy atom. The maximum atomic E-state index is 11.8. The number of carbonyl (C=O) groups is 2. The maximum Gasteiger partial charge on any atom is 0.305 e. The predicted molar refractivity (Wildman–Crippen MR) is 102 cm³/mol. The van der Waals surface area contributed by atoms with Gasteiger partial charge in [0.25, 0.3) is 0 Å².